The van der Waals surface area contributed by atoms with E-state index >= 15 is 0 Å². The van der Waals surface area contributed by atoms with Crippen molar-refractivity contribution in [1.29, 1.82) is 0 Å². The standard InChI is InChI=1S/C13H17FN2O3/c1-3-4-16(8-12(17)19-2)13(18)9-5-10(14)7-11(15)6-9/h5-7H,3-4,8,15H2,1-2H3. The van der Waals surface area contributed by atoms with Gasteiger partial charge in [0.1, 0.15) is 12.4 Å². The Kier molecular flexibility index (Phi) is 5.29. The third-order valence-corrected chi connectivity index (χ3v) is 2.50. The van der Waals surface area contributed by atoms with Crippen LogP contribution < -0.4 is 5.73 Å². The minimum atomic E-state index is -0.585. The van der Waals surface area contributed by atoms with Crippen LogP contribution in [0.5, 0.6) is 0 Å². The number of benzene rings is 1. The third-order valence-electron chi connectivity index (χ3n) is 2.50. The van der Waals surface area contributed by atoms with Gasteiger partial charge in [0.2, 0.25) is 0 Å². The average molecular weight is 268 g/mol. The van der Waals surface area contributed by atoms with E-state index in [1.54, 1.807) is 0 Å². The molecular formula is C13H17FN2O3. The van der Waals surface area contributed by atoms with Gasteiger partial charge in [-0.3, -0.25) is 9.59 Å². The van der Waals surface area contributed by atoms with E-state index in [0.717, 1.165) is 12.1 Å². The van der Waals surface area contributed by atoms with Crippen molar-refractivity contribution in [2.75, 3.05) is 25.9 Å². The van der Waals surface area contributed by atoms with Crippen molar-refractivity contribution in [3.8, 4) is 0 Å². The highest BCUT2D eigenvalue weighted by Gasteiger charge is 2.19. The fourth-order valence-corrected chi connectivity index (χ4v) is 1.66. The van der Waals surface area contributed by atoms with Crippen LogP contribution in [-0.2, 0) is 9.53 Å². The van der Waals surface area contributed by atoms with Crippen LogP contribution in [-0.4, -0.2) is 37.0 Å². The van der Waals surface area contributed by atoms with Crippen molar-refractivity contribution in [1.82, 2.24) is 4.90 Å². The maximum atomic E-state index is 13.2. The molecule has 2 N–H and O–H groups in total. The Hall–Kier alpha value is -2.11. The second-order valence-corrected chi connectivity index (χ2v) is 4.08. The minimum Gasteiger partial charge on any atom is -0.468 e. The second-order valence-electron chi connectivity index (χ2n) is 4.08. The Labute approximate surface area is 111 Å². The summed E-state index contributed by atoms with van der Waals surface area (Å²) in [4.78, 5) is 24.7. The number of carbonyl (C=O) groups excluding carboxylic acids is 2. The molecule has 1 rings (SSSR count). The minimum absolute atomic E-state index is 0.120. The summed E-state index contributed by atoms with van der Waals surface area (Å²) in [5.41, 5.74) is 5.78. The highest BCUT2D eigenvalue weighted by Crippen LogP contribution is 2.13. The number of ether oxygens (including phenoxy) is 1. The van der Waals surface area contributed by atoms with E-state index in [1.807, 2.05) is 6.92 Å². The van der Waals surface area contributed by atoms with Crippen molar-refractivity contribution in [2.24, 2.45) is 0 Å². The van der Waals surface area contributed by atoms with Crippen molar-refractivity contribution in [3.05, 3.63) is 29.6 Å². The number of nitrogen functional groups attached to an aromatic ring is 1. The van der Waals surface area contributed by atoms with Crippen LogP contribution >= 0.6 is 0 Å². The number of nitrogens with two attached hydrogens (primary N) is 1. The number of carbonyl (C=O) groups is 2. The van der Waals surface area contributed by atoms with E-state index < -0.39 is 17.7 Å². The van der Waals surface area contributed by atoms with Crippen LogP contribution in [0.25, 0.3) is 0 Å². The maximum absolute atomic E-state index is 13.2. The molecule has 0 saturated carbocycles. The van der Waals surface area contributed by atoms with Crippen LogP contribution in [0.4, 0.5) is 10.1 Å². The van der Waals surface area contributed by atoms with E-state index in [1.165, 1.54) is 18.1 Å². The summed E-state index contributed by atoms with van der Waals surface area (Å²) in [6.07, 6.45) is 0.674. The molecular weight excluding hydrogens is 251 g/mol. The van der Waals surface area contributed by atoms with Gasteiger partial charge < -0.3 is 15.4 Å². The number of hydrogen-bond donors (Lipinski definition) is 1. The molecule has 0 aromatic heterocycles. The average Bonchev–Trinajstić information content (AvgIpc) is 2.36. The monoisotopic (exact) mass is 268 g/mol. The molecule has 0 unspecified atom stereocenters. The SMILES string of the molecule is CCCN(CC(=O)OC)C(=O)c1cc(N)cc(F)c1. The lowest BCUT2D eigenvalue weighted by molar-refractivity contribution is -0.141. The molecule has 0 radical (unpaired) electrons. The Morgan fingerprint density at radius 2 is 2.05 bits per heavy atom. The van der Waals surface area contributed by atoms with Gasteiger partial charge in [0, 0.05) is 17.8 Å². The zero-order chi connectivity index (χ0) is 14.4. The molecule has 5 nitrogen and oxygen atoms in total. The molecule has 1 amide bonds. The van der Waals surface area contributed by atoms with Crippen molar-refractivity contribution < 1.29 is 18.7 Å². The number of hydrogen-bond acceptors (Lipinski definition) is 4. The first kappa shape index (κ1) is 14.9. The van der Waals surface area contributed by atoms with Crippen LogP contribution in [0.15, 0.2) is 18.2 Å². The highest BCUT2D eigenvalue weighted by atomic mass is 19.1. The van der Waals surface area contributed by atoms with Gasteiger partial charge in [-0.1, -0.05) is 6.92 Å². The fourth-order valence-electron chi connectivity index (χ4n) is 1.66. The lowest BCUT2D eigenvalue weighted by Crippen LogP contribution is -2.36. The zero-order valence-corrected chi connectivity index (χ0v) is 11.0. The van der Waals surface area contributed by atoms with Crippen molar-refractivity contribution in [2.45, 2.75) is 13.3 Å². The summed E-state index contributed by atoms with van der Waals surface area (Å²) in [7, 11) is 1.25. The number of rotatable bonds is 5. The lowest BCUT2D eigenvalue weighted by Gasteiger charge is -2.21. The number of halogens is 1. The van der Waals surface area contributed by atoms with E-state index in [2.05, 4.69) is 4.74 Å². The van der Waals surface area contributed by atoms with Gasteiger partial charge in [0.25, 0.3) is 5.91 Å². The second kappa shape index (κ2) is 6.72. The number of nitrogens with zero attached hydrogens (tertiary/aromatic N) is 1. The van der Waals surface area contributed by atoms with Crippen LogP contribution in [0, 0.1) is 5.82 Å². The fraction of sp³-hybridized carbons (Fsp3) is 0.385. The van der Waals surface area contributed by atoms with Gasteiger partial charge in [0.05, 0.1) is 7.11 Å². The van der Waals surface area contributed by atoms with Crippen LogP contribution in [0.1, 0.15) is 23.7 Å². The summed E-state index contributed by atoms with van der Waals surface area (Å²) < 4.78 is 17.8. The Morgan fingerprint density at radius 1 is 1.37 bits per heavy atom. The summed E-state index contributed by atoms with van der Waals surface area (Å²) >= 11 is 0. The van der Waals surface area contributed by atoms with E-state index in [-0.39, 0.29) is 17.8 Å². The molecule has 0 heterocycles. The van der Waals surface area contributed by atoms with E-state index in [4.69, 9.17) is 5.73 Å². The summed E-state index contributed by atoms with van der Waals surface area (Å²) in [5, 5.41) is 0. The first-order chi connectivity index (χ1) is 8.97. The number of methoxy groups -OCH3 is 1. The maximum Gasteiger partial charge on any atom is 0.325 e. The van der Waals surface area contributed by atoms with Crippen LogP contribution in [0.2, 0.25) is 0 Å². The zero-order valence-electron chi connectivity index (χ0n) is 11.0. The predicted octanol–water partition coefficient (Wildman–Crippen LogP) is 1.43. The van der Waals surface area contributed by atoms with E-state index in [0.29, 0.717) is 13.0 Å². The molecule has 0 bridgehead atoms. The van der Waals surface area contributed by atoms with Gasteiger partial charge in [-0.15, -0.1) is 0 Å². The molecule has 0 fully saturated rings. The Morgan fingerprint density at radius 3 is 2.58 bits per heavy atom. The van der Waals surface area contributed by atoms with Gasteiger partial charge >= 0.3 is 5.97 Å². The molecule has 104 valence electrons. The Balaban J connectivity index is 2.94. The quantitative estimate of drug-likeness (QED) is 0.647. The lowest BCUT2D eigenvalue weighted by atomic mass is 10.1. The highest BCUT2D eigenvalue weighted by molar-refractivity contribution is 5.96. The molecule has 1 aromatic rings. The largest absolute Gasteiger partial charge is 0.468 e. The third kappa shape index (κ3) is 4.24. The first-order valence-electron chi connectivity index (χ1n) is 5.90. The smallest absolute Gasteiger partial charge is 0.325 e. The van der Waals surface area contributed by atoms with Gasteiger partial charge in [-0.25, -0.2) is 4.39 Å². The predicted molar refractivity (Wildman–Crippen MR) is 69.0 cm³/mol. The molecule has 0 saturated heterocycles. The number of esters is 1. The van der Waals surface area contributed by atoms with Crippen LogP contribution in [0.3, 0.4) is 0 Å². The van der Waals surface area contributed by atoms with Crippen molar-refractivity contribution in [3.63, 3.8) is 0 Å². The Bertz CT molecular complexity index is 457. The molecule has 19 heavy (non-hydrogen) atoms. The summed E-state index contributed by atoms with van der Waals surface area (Å²) in [5.74, 6) is -1.55. The number of anilines is 1. The van der Waals surface area contributed by atoms with Gasteiger partial charge in [-0.2, -0.15) is 0 Å². The molecule has 0 spiro atoms. The summed E-state index contributed by atoms with van der Waals surface area (Å²) in [6, 6.07) is 3.60. The topological polar surface area (TPSA) is 72.6 Å². The normalized spacial score (nSPS) is 10.1. The molecule has 0 aliphatic carbocycles. The van der Waals surface area contributed by atoms with Gasteiger partial charge in [0.15, 0.2) is 0 Å². The van der Waals surface area contributed by atoms with E-state index in [9.17, 15) is 14.0 Å². The number of amides is 1. The first-order valence-corrected chi connectivity index (χ1v) is 5.90. The molecule has 0 aliphatic heterocycles. The van der Waals surface area contributed by atoms with Gasteiger partial charge in [-0.05, 0) is 24.6 Å². The van der Waals surface area contributed by atoms with Crippen molar-refractivity contribution >= 4 is 17.6 Å². The molecule has 6 heteroatoms. The molecule has 1 aromatic carbocycles. The molecule has 0 atom stereocenters. The molecule has 0 aliphatic rings. The summed E-state index contributed by atoms with van der Waals surface area (Å²) in [6.45, 7) is 2.08.